The van der Waals surface area contributed by atoms with Gasteiger partial charge >= 0.3 is 0 Å². The number of nitrogens with one attached hydrogen (secondary N) is 1. The quantitative estimate of drug-likeness (QED) is 0.868. The molecule has 1 aliphatic rings. The predicted molar refractivity (Wildman–Crippen MR) is 82.6 cm³/mol. The molecule has 2 N–H and O–H groups in total. The summed E-state index contributed by atoms with van der Waals surface area (Å²) in [4.78, 5) is 0.747. The zero-order valence-corrected chi connectivity index (χ0v) is 13.4. The second-order valence-electron chi connectivity index (χ2n) is 6.15. The van der Waals surface area contributed by atoms with Crippen LogP contribution in [0.25, 0.3) is 0 Å². The molecule has 0 aromatic heterocycles. The summed E-state index contributed by atoms with van der Waals surface area (Å²) in [5, 5.41) is 13.6. The van der Waals surface area contributed by atoms with Gasteiger partial charge in [0.25, 0.3) is 0 Å². The molecule has 0 saturated heterocycles. The van der Waals surface area contributed by atoms with Crippen LogP contribution in [0.5, 0.6) is 0 Å². The van der Waals surface area contributed by atoms with Crippen molar-refractivity contribution in [3.05, 3.63) is 29.8 Å². The molecular weight excluding hydrogens is 292 g/mol. The number of halogens is 2. The molecule has 0 aliphatic heterocycles. The first-order chi connectivity index (χ1) is 9.94. The summed E-state index contributed by atoms with van der Waals surface area (Å²) in [5.74, 6) is -1.61. The summed E-state index contributed by atoms with van der Waals surface area (Å²) < 4.78 is 26.3. The van der Waals surface area contributed by atoms with Gasteiger partial charge in [-0.15, -0.1) is 11.8 Å². The van der Waals surface area contributed by atoms with Gasteiger partial charge in [-0.1, -0.05) is 20.3 Å². The van der Waals surface area contributed by atoms with Gasteiger partial charge in [0.15, 0.2) is 11.6 Å². The average Bonchev–Trinajstić information content (AvgIpc) is 2.42. The molecule has 0 bridgehead atoms. The van der Waals surface area contributed by atoms with Gasteiger partial charge < -0.3 is 10.4 Å². The molecular formula is C16H23F2NOS. The summed E-state index contributed by atoms with van der Waals surface area (Å²) in [6.45, 7) is 4.26. The van der Waals surface area contributed by atoms with E-state index in [-0.39, 0.29) is 12.1 Å². The van der Waals surface area contributed by atoms with Gasteiger partial charge in [0.05, 0.1) is 6.61 Å². The third kappa shape index (κ3) is 4.41. The molecule has 2 atom stereocenters. The van der Waals surface area contributed by atoms with Crippen molar-refractivity contribution in [2.75, 3.05) is 6.61 Å². The van der Waals surface area contributed by atoms with Crippen LogP contribution in [-0.2, 0) is 0 Å². The molecule has 0 heterocycles. The first kappa shape index (κ1) is 16.7. The molecule has 0 amide bonds. The van der Waals surface area contributed by atoms with E-state index in [1.165, 1.54) is 12.1 Å². The molecule has 2 unspecified atom stereocenters. The van der Waals surface area contributed by atoms with Gasteiger partial charge in [-0.05, 0) is 37.5 Å². The molecule has 1 aliphatic carbocycles. The van der Waals surface area contributed by atoms with Crippen LogP contribution in [0.2, 0.25) is 0 Å². The van der Waals surface area contributed by atoms with E-state index < -0.39 is 11.6 Å². The Morgan fingerprint density at radius 3 is 2.76 bits per heavy atom. The van der Waals surface area contributed by atoms with Crippen LogP contribution in [0.15, 0.2) is 23.1 Å². The van der Waals surface area contributed by atoms with E-state index >= 15 is 0 Å². The minimum atomic E-state index is -0.811. The van der Waals surface area contributed by atoms with Crippen molar-refractivity contribution in [1.29, 1.82) is 0 Å². The van der Waals surface area contributed by atoms with Gasteiger partial charge in [-0.2, -0.15) is 0 Å². The number of hydrogen-bond donors (Lipinski definition) is 2. The highest BCUT2D eigenvalue weighted by Gasteiger charge is 2.36. The molecule has 0 radical (unpaired) electrons. The maximum atomic E-state index is 13.3. The Labute approximate surface area is 129 Å². The van der Waals surface area contributed by atoms with E-state index in [9.17, 15) is 13.9 Å². The minimum Gasteiger partial charge on any atom is -0.394 e. The third-order valence-electron chi connectivity index (χ3n) is 3.89. The summed E-state index contributed by atoms with van der Waals surface area (Å²) in [5.41, 5.74) is -0.247. The molecule has 1 saturated carbocycles. The van der Waals surface area contributed by atoms with Crippen LogP contribution in [0.4, 0.5) is 8.78 Å². The largest absolute Gasteiger partial charge is 0.394 e. The van der Waals surface area contributed by atoms with Crippen molar-refractivity contribution in [2.45, 2.75) is 61.3 Å². The van der Waals surface area contributed by atoms with Gasteiger partial charge in [0.2, 0.25) is 0 Å². The Bertz CT molecular complexity index is 483. The Balaban J connectivity index is 2.04. The fourth-order valence-corrected chi connectivity index (χ4v) is 4.47. The fraction of sp³-hybridized carbons (Fsp3) is 0.625. The molecule has 1 fully saturated rings. The molecule has 2 nitrogen and oxygen atoms in total. The van der Waals surface area contributed by atoms with Crippen molar-refractivity contribution in [3.63, 3.8) is 0 Å². The van der Waals surface area contributed by atoms with Crippen LogP contribution < -0.4 is 5.32 Å². The Morgan fingerprint density at radius 1 is 1.38 bits per heavy atom. The lowest BCUT2D eigenvalue weighted by Crippen LogP contribution is -2.54. The van der Waals surface area contributed by atoms with Crippen LogP contribution in [0.1, 0.15) is 39.5 Å². The highest BCUT2D eigenvalue weighted by molar-refractivity contribution is 8.00. The highest BCUT2D eigenvalue weighted by atomic mass is 32.2. The van der Waals surface area contributed by atoms with E-state index in [2.05, 4.69) is 19.2 Å². The van der Waals surface area contributed by atoms with E-state index in [0.717, 1.165) is 30.6 Å². The number of hydrogen-bond acceptors (Lipinski definition) is 3. The zero-order chi connectivity index (χ0) is 15.5. The van der Waals surface area contributed by atoms with E-state index in [0.29, 0.717) is 11.3 Å². The second-order valence-corrected chi connectivity index (χ2v) is 7.52. The van der Waals surface area contributed by atoms with Gasteiger partial charge in [-0.25, -0.2) is 8.78 Å². The number of rotatable bonds is 5. The van der Waals surface area contributed by atoms with E-state index in [1.807, 2.05) is 0 Å². The smallest absolute Gasteiger partial charge is 0.159 e. The second kappa shape index (κ2) is 7.07. The van der Waals surface area contributed by atoms with Gasteiger partial charge in [0, 0.05) is 21.7 Å². The lowest BCUT2D eigenvalue weighted by atomic mass is 9.81. The molecule has 118 valence electrons. The summed E-state index contributed by atoms with van der Waals surface area (Å²) in [7, 11) is 0. The molecule has 21 heavy (non-hydrogen) atoms. The Morgan fingerprint density at radius 2 is 2.14 bits per heavy atom. The lowest BCUT2D eigenvalue weighted by molar-refractivity contribution is 0.115. The number of aliphatic hydroxyl groups excluding tert-OH is 1. The van der Waals surface area contributed by atoms with Gasteiger partial charge in [-0.3, -0.25) is 0 Å². The topological polar surface area (TPSA) is 32.3 Å². The van der Waals surface area contributed by atoms with Crippen molar-refractivity contribution in [3.8, 4) is 0 Å². The normalized spacial score (nSPS) is 26.3. The number of thioether (sulfide) groups is 1. The summed E-state index contributed by atoms with van der Waals surface area (Å²) in [6, 6.07) is 4.36. The molecule has 0 spiro atoms. The SMILES string of the molecule is CC(C)NC1(CO)CCCC(Sc2ccc(F)c(F)c2)C1. The Kier molecular flexibility index (Phi) is 5.63. The first-order valence-corrected chi connectivity index (χ1v) is 8.32. The standard InChI is InChI=1S/C16H23F2NOS/c1-11(2)19-16(10-20)7-3-4-13(9-16)21-12-5-6-14(17)15(18)8-12/h5-6,8,11,13,19-20H,3-4,7,9-10H2,1-2H3. The van der Waals surface area contributed by atoms with Gasteiger partial charge in [0.1, 0.15) is 0 Å². The summed E-state index contributed by atoms with van der Waals surface area (Å²) >= 11 is 1.57. The first-order valence-electron chi connectivity index (χ1n) is 7.44. The van der Waals surface area contributed by atoms with Crippen molar-refractivity contribution < 1.29 is 13.9 Å². The van der Waals surface area contributed by atoms with Crippen LogP contribution >= 0.6 is 11.8 Å². The maximum Gasteiger partial charge on any atom is 0.159 e. The van der Waals surface area contributed by atoms with Crippen molar-refractivity contribution in [1.82, 2.24) is 5.32 Å². The highest BCUT2D eigenvalue weighted by Crippen LogP contribution is 2.38. The monoisotopic (exact) mass is 315 g/mol. The van der Waals surface area contributed by atoms with Crippen LogP contribution in [0.3, 0.4) is 0 Å². The lowest BCUT2D eigenvalue weighted by Gasteiger charge is -2.41. The predicted octanol–water partition coefficient (Wildman–Crippen LogP) is 3.73. The molecule has 2 rings (SSSR count). The maximum absolute atomic E-state index is 13.3. The molecule has 5 heteroatoms. The number of aliphatic hydroxyl groups is 1. The van der Waals surface area contributed by atoms with E-state index in [1.54, 1.807) is 17.8 Å². The van der Waals surface area contributed by atoms with E-state index in [4.69, 9.17) is 0 Å². The number of benzene rings is 1. The fourth-order valence-electron chi connectivity index (χ4n) is 3.08. The average molecular weight is 315 g/mol. The minimum absolute atomic E-state index is 0.111. The summed E-state index contributed by atoms with van der Waals surface area (Å²) in [6.07, 6.45) is 3.86. The Hall–Kier alpha value is -0.650. The molecule has 1 aromatic rings. The van der Waals surface area contributed by atoms with Crippen molar-refractivity contribution >= 4 is 11.8 Å². The van der Waals surface area contributed by atoms with Crippen molar-refractivity contribution in [2.24, 2.45) is 0 Å². The third-order valence-corrected chi connectivity index (χ3v) is 5.15. The van der Waals surface area contributed by atoms with Crippen LogP contribution in [-0.4, -0.2) is 28.5 Å². The molecule has 1 aromatic carbocycles. The zero-order valence-electron chi connectivity index (χ0n) is 12.5. The van der Waals surface area contributed by atoms with Crippen LogP contribution in [0, 0.1) is 11.6 Å².